The zero-order chi connectivity index (χ0) is 24.9. The highest BCUT2D eigenvalue weighted by Gasteiger charge is 2.47. The summed E-state index contributed by atoms with van der Waals surface area (Å²) in [6, 6.07) is 5.36. The minimum Gasteiger partial charge on any atom is -0.507 e. The first-order chi connectivity index (χ1) is 16.6. The second-order valence-electron chi connectivity index (χ2n) is 10.2. The molecule has 2 fully saturated rings. The number of phenols is 1. The van der Waals surface area contributed by atoms with Crippen molar-refractivity contribution in [3.63, 3.8) is 0 Å². The van der Waals surface area contributed by atoms with Crippen LogP contribution in [0.2, 0.25) is 0 Å². The summed E-state index contributed by atoms with van der Waals surface area (Å²) < 4.78 is 30.0. The Morgan fingerprint density at radius 1 is 1.23 bits per heavy atom. The maximum Gasteiger partial charge on any atom is 0.350 e. The number of nitrogens with zero attached hydrogens (tertiary/aromatic N) is 6. The van der Waals surface area contributed by atoms with Gasteiger partial charge in [0.25, 0.3) is 0 Å². The molecule has 10 heteroatoms. The molecule has 2 heterocycles. The predicted molar refractivity (Wildman–Crippen MR) is 127 cm³/mol. The van der Waals surface area contributed by atoms with Crippen molar-refractivity contribution >= 4 is 5.82 Å². The van der Waals surface area contributed by atoms with Gasteiger partial charge in [0.15, 0.2) is 17.6 Å². The van der Waals surface area contributed by atoms with Crippen LogP contribution in [0.3, 0.4) is 0 Å². The molecule has 0 radical (unpaired) electrons. The van der Waals surface area contributed by atoms with E-state index >= 15 is 4.39 Å². The van der Waals surface area contributed by atoms with Crippen LogP contribution in [0.4, 0.5) is 14.6 Å². The van der Waals surface area contributed by atoms with E-state index in [1.54, 1.807) is 12.1 Å². The van der Waals surface area contributed by atoms with E-state index in [4.69, 9.17) is 0 Å². The lowest BCUT2D eigenvalue weighted by atomic mass is 9.60. The third-order valence-corrected chi connectivity index (χ3v) is 7.65. The number of hydrogen-bond acceptors (Lipinski definition) is 7. The van der Waals surface area contributed by atoms with Crippen molar-refractivity contribution in [2.45, 2.75) is 51.2 Å². The molecule has 3 aromatic rings. The van der Waals surface area contributed by atoms with Crippen LogP contribution in [-0.2, 0) is 7.05 Å². The second kappa shape index (κ2) is 8.66. The predicted octanol–water partition coefficient (Wildman–Crippen LogP) is 3.89. The molecular formula is C25H28F2N6O2. The number of alkyl halides is 1. The smallest absolute Gasteiger partial charge is 0.350 e. The molecule has 184 valence electrons. The van der Waals surface area contributed by atoms with Crippen LogP contribution in [-0.4, -0.2) is 49.1 Å². The molecule has 1 aromatic carbocycles. The lowest BCUT2D eigenvalue weighted by Gasteiger charge is -2.50. The van der Waals surface area contributed by atoms with E-state index in [1.807, 2.05) is 11.9 Å². The fourth-order valence-corrected chi connectivity index (χ4v) is 5.63. The number of rotatable bonds is 4. The Morgan fingerprint density at radius 2 is 2.03 bits per heavy atom. The monoisotopic (exact) mass is 482 g/mol. The van der Waals surface area contributed by atoms with Crippen LogP contribution >= 0.6 is 0 Å². The average Bonchev–Trinajstić information content (AvgIpc) is 2.84. The van der Waals surface area contributed by atoms with E-state index in [2.05, 4.69) is 27.1 Å². The van der Waals surface area contributed by atoms with Gasteiger partial charge in [0.05, 0.1) is 23.5 Å². The van der Waals surface area contributed by atoms with Crippen LogP contribution in [0.25, 0.3) is 22.6 Å². The van der Waals surface area contributed by atoms with Gasteiger partial charge in [-0.15, -0.1) is 10.2 Å². The molecule has 5 rings (SSSR count). The summed E-state index contributed by atoms with van der Waals surface area (Å²) in [6.07, 6.45) is 5.47. The number of hydrogen-bond donors (Lipinski definition) is 1. The Morgan fingerprint density at radius 3 is 2.71 bits per heavy atom. The topological polar surface area (TPSA) is 97.0 Å². The van der Waals surface area contributed by atoms with Crippen LogP contribution < -0.4 is 10.6 Å². The highest BCUT2D eigenvalue weighted by molar-refractivity contribution is 5.71. The summed E-state index contributed by atoms with van der Waals surface area (Å²) in [5.41, 5.74) is 0.219. The SMILES string of the molecule is CN(c1cnc(-c2ccc(-c3cc(F)n(C)c(=O)n3)cc2O)nn1)[C@@H]1C[C@@]2(C)CCC[C@H](C2)[C@@H]1F. The quantitative estimate of drug-likeness (QED) is 0.564. The number of benzene rings is 1. The van der Waals surface area contributed by atoms with E-state index < -0.39 is 17.8 Å². The van der Waals surface area contributed by atoms with E-state index in [0.29, 0.717) is 16.9 Å². The third-order valence-electron chi connectivity index (χ3n) is 7.65. The number of fused-ring (bicyclic) bond motifs is 2. The average molecular weight is 483 g/mol. The van der Waals surface area contributed by atoms with Gasteiger partial charge < -0.3 is 10.0 Å². The molecule has 2 aliphatic rings. The van der Waals surface area contributed by atoms with Gasteiger partial charge in [-0.3, -0.25) is 4.57 Å². The molecule has 35 heavy (non-hydrogen) atoms. The highest BCUT2D eigenvalue weighted by Crippen LogP contribution is 2.50. The molecule has 2 aliphatic carbocycles. The standard InChI is InChI=1S/C25H28F2N6O2/c1-25-8-4-5-15(11-25)22(27)18(12-25)32(2)21-13-28-23(31-30-21)16-7-6-14(9-19(16)34)17-10-20(26)33(3)24(35)29-17/h6-7,9-10,13,15,18,22,34H,4-5,8,11-12H2,1-3H3/t15-,18-,22+,25+/m1/s1. The molecular weight excluding hydrogens is 454 g/mol. The second-order valence-corrected chi connectivity index (χ2v) is 10.2. The van der Waals surface area contributed by atoms with Crippen LogP contribution in [0.5, 0.6) is 5.75 Å². The van der Waals surface area contributed by atoms with Gasteiger partial charge in [0, 0.05) is 25.7 Å². The van der Waals surface area contributed by atoms with E-state index in [9.17, 15) is 14.3 Å². The fraction of sp³-hybridized carbons (Fsp3) is 0.480. The summed E-state index contributed by atoms with van der Waals surface area (Å²) in [7, 11) is 3.12. The zero-order valence-electron chi connectivity index (χ0n) is 19.9. The van der Waals surface area contributed by atoms with Crippen LogP contribution in [0, 0.1) is 17.3 Å². The summed E-state index contributed by atoms with van der Waals surface area (Å²) in [5, 5.41) is 19.0. The molecule has 4 atom stereocenters. The molecule has 0 saturated heterocycles. The number of aromatic nitrogens is 5. The summed E-state index contributed by atoms with van der Waals surface area (Å²) in [4.78, 5) is 21.8. The Hall–Kier alpha value is -3.43. The Labute approximate surface area is 201 Å². The van der Waals surface area contributed by atoms with Gasteiger partial charge in [-0.2, -0.15) is 9.37 Å². The van der Waals surface area contributed by atoms with Crippen molar-refractivity contribution in [2.24, 2.45) is 18.4 Å². The summed E-state index contributed by atoms with van der Waals surface area (Å²) in [6.45, 7) is 2.25. The van der Waals surface area contributed by atoms with Gasteiger partial charge in [-0.1, -0.05) is 19.4 Å². The summed E-state index contributed by atoms with van der Waals surface area (Å²) >= 11 is 0. The molecule has 0 spiro atoms. The molecule has 2 aromatic heterocycles. The molecule has 1 N–H and O–H groups in total. The lowest BCUT2D eigenvalue weighted by Crippen LogP contribution is -2.52. The van der Waals surface area contributed by atoms with Crippen molar-refractivity contribution in [3.05, 3.63) is 46.9 Å². The van der Waals surface area contributed by atoms with Crippen LogP contribution in [0.15, 0.2) is 35.3 Å². The van der Waals surface area contributed by atoms with Crippen molar-refractivity contribution < 1.29 is 13.9 Å². The Kier molecular flexibility index (Phi) is 5.77. The van der Waals surface area contributed by atoms with E-state index in [1.165, 1.54) is 19.3 Å². The van der Waals surface area contributed by atoms with Gasteiger partial charge in [0.2, 0.25) is 0 Å². The van der Waals surface area contributed by atoms with Crippen molar-refractivity contribution in [1.29, 1.82) is 0 Å². The van der Waals surface area contributed by atoms with Gasteiger partial charge in [-0.05, 0) is 49.1 Å². The largest absolute Gasteiger partial charge is 0.507 e. The third kappa shape index (κ3) is 4.26. The molecule has 2 saturated carbocycles. The summed E-state index contributed by atoms with van der Waals surface area (Å²) in [5.74, 6) is -0.148. The normalized spacial score (nSPS) is 25.9. The van der Waals surface area contributed by atoms with Gasteiger partial charge in [0.1, 0.15) is 11.9 Å². The maximum atomic E-state index is 15.3. The molecule has 2 bridgehead atoms. The number of anilines is 1. The number of halogens is 2. The fourth-order valence-electron chi connectivity index (χ4n) is 5.63. The zero-order valence-corrected chi connectivity index (χ0v) is 19.9. The van der Waals surface area contributed by atoms with Crippen LogP contribution in [0.1, 0.15) is 39.0 Å². The Balaban J connectivity index is 1.37. The first-order valence-corrected chi connectivity index (χ1v) is 11.8. The van der Waals surface area contributed by atoms with Gasteiger partial charge >= 0.3 is 5.69 Å². The number of aromatic hydroxyl groups is 1. The molecule has 0 unspecified atom stereocenters. The van der Waals surface area contributed by atoms with E-state index in [0.717, 1.165) is 42.7 Å². The van der Waals surface area contributed by atoms with Crippen molar-refractivity contribution in [3.8, 4) is 28.4 Å². The first-order valence-electron chi connectivity index (χ1n) is 11.8. The highest BCUT2D eigenvalue weighted by atomic mass is 19.1. The minimum atomic E-state index is -0.917. The first kappa shape index (κ1) is 23.3. The molecule has 0 aliphatic heterocycles. The number of phenolic OH excluding ortho intramolecular Hbond substituents is 1. The maximum absolute atomic E-state index is 15.3. The Bertz CT molecular complexity index is 1310. The lowest BCUT2D eigenvalue weighted by molar-refractivity contribution is 0.0113. The van der Waals surface area contributed by atoms with Crippen molar-refractivity contribution in [1.82, 2.24) is 24.7 Å². The molecule has 8 nitrogen and oxygen atoms in total. The van der Waals surface area contributed by atoms with Gasteiger partial charge in [-0.25, -0.2) is 14.2 Å². The van der Waals surface area contributed by atoms with Crippen molar-refractivity contribution in [2.75, 3.05) is 11.9 Å². The molecule has 0 amide bonds. The van der Waals surface area contributed by atoms with E-state index in [-0.39, 0.29) is 34.6 Å². The minimum absolute atomic E-state index is 0.0818.